The minimum Gasteiger partial charge on any atom is -0.508 e. The van der Waals surface area contributed by atoms with Gasteiger partial charge in [0.2, 0.25) is 17.7 Å². The highest BCUT2D eigenvalue weighted by atomic mass is 32.1. The van der Waals surface area contributed by atoms with Crippen LogP contribution in [0.25, 0.3) is 0 Å². The van der Waals surface area contributed by atoms with Crippen molar-refractivity contribution < 1.29 is 29.4 Å². The number of rotatable bonds is 12. The highest BCUT2D eigenvalue weighted by Gasteiger charge is 2.30. The zero-order valence-corrected chi connectivity index (χ0v) is 19.3. The number of amides is 3. The summed E-state index contributed by atoms with van der Waals surface area (Å²) in [6.07, 6.45) is 0.247. The second kappa shape index (κ2) is 12.9. The molecule has 0 bridgehead atoms. The molecule has 0 spiro atoms. The molecule has 0 radical (unpaired) electrons. The maximum Gasteiger partial charge on any atom is 0.326 e. The van der Waals surface area contributed by atoms with E-state index in [1.54, 1.807) is 12.1 Å². The predicted octanol–water partition coefficient (Wildman–Crippen LogP) is -0.203. The van der Waals surface area contributed by atoms with Crippen molar-refractivity contribution in [1.29, 1.82) is 0 Å². The summed E-state index contributed by atoms with van der Waals surface area (Å²) in [4.78, 5) is 49.0. The Kier molecular flexibility index (Phi) is 11.0. The molecule has 0 aliphatic heterocycles. The molecule has 0 aliphatic carbocycles. The van der Waals surface area contributed by atoms with Crippen molar-refractivity contribution in [2.24, 2.45) is 11.7 Å². The second-order valence-electron chi connectivity index (χ2n) is 7.99. The summed E-state index contributed by atoms with van der Waals surface area (Å²) in [6, 6.07) is 1.88. The first-order chi connectivity index (χ1) is 14.9. The van der Waals surface area contributed by atoms with E-state index in [0.29, 0.717) is 5.56 Å². The van der Waals surface area contributed by atoms with Crippen LogP contribution in [0.15, 0.2) is 24.3 Å². The number of carbonyl (C=O) groups excluding carboxylic acids is 3. The molecule has 4 atom stereocenters. The summed E-state index contributed by atoms with van der Waals surface area (Å²) in [5.41, 5.74) is 6.11. The van der Waals surface area contributed by atoms with E-state index in [4.69, 9.17) is 5.73 Å². The zero-order chi connectivity index (χ0) is 24.4. The molecule has 3 amide bonds. The molecule has 0 saturated heterocycles. The number of benzene rings is 1. The number of thiol groups is 1. The van der Waals surface area contributed by atoms with Crippen LogP contribution in [0.2, 0.25) is 0 Å². The van der Waals surface area contributed by atoms with E-state index in [1.807, 2.05) is 13.8 Å². The van der Waals surface area contributed by atoms with Gasteiger partial charge in [-0.05, 0) is 37.0 Å². The maximum atomic E-state index is 12.9. The molecule has 11 heteroatoms. The molecule has 1 rings (SSSR count). The number of nitrogens with two attached hydrogens (primary N) is 1. The second-order valence-corrected chi connectivity index (χ2v) is 8.36. The van der Waals surface area contributed by atoms with Crippen molar-refractivity contribution in [3.63, 3.8) is 0 Å². The number of phenolic OH excluding ortho intramolecular Hbond substituents is 1. The molecule has 10 nitrogen and oxygen atoms in total. The molecule has 178 valence electrons. The minimum atomic E-state index is -1.24. The van der Waals surface area contributed by atoms with Crippen LogP contribution in [0.3, 0.4) is 0 Å². The molecule has 1 aromatic rings. The van der Waals surface area contributed by atoms with Crippen molar-refractivity contribution in [3.05, 3.63) is 29.8 Å². The molecule has 32 heavy (non-hydrogen) atoms. The summed E-state index contributed by atoms with van der Waals surface area (Å²) in [6.45, 7) is 5.18. The number of carbonyl (C=O) groups is 4. The van der Waals surface area contributed by atoms with Crippen LogP contribution in [-0.2, 0) is 25.6 Å². The highest BCUT2D eigenvalue weighted by Crippen LogP contribution is 2.12. The number of carboxylic acid groups (broad SMARTS) is 1. The van der Waals surface area contributed by atoms with Crippen LogP contribution in [0.1, 0.15) is 32.8 Å². The SMILES string of the molecule is CC(C)CC(NC(=O)C(CS)NC(=O)C(C)N)C(=O)NC(Cc1ccc(O)cc1)C(=O)O. The molecule has 0 saturated carbocycles. The number of phenols is 1. The van der Waals surface area contributed by atoms with Crippen molar-refractivity contribution >= 4 is 36.3 Å². The van der Waals surface area contributed by atoms with Gasteiger partial charge in [-0.2, -0.15) is 12.6 Å². The van der Waals surface area contributed by atoms with Gasteiger partial charge in [0.05, 0.1) is 6.04 Å². The molecule has 0 heterocycles. The Bertz CT molecular complexity index is 800. The average molecular weight is 469 g/mol. The van der Waals surface area contributed by atoms with Gasteiger partial charge < -0.3 is 31.9 Å². The third kappa shape index (κ3) is 9.15. The summed E-state index contributed by atoms with van der Waals surface area (Å²) >= 11 is 4.07. The Hall–Kier alpha value is -2.79. The maximum absolute atomic E-state index is 12.9. The number of aromatic hydroxyl groups is 1. The van der Waals surface area contributed by atoms with Gasteiger partial charge in [0.1, 0.15) is 23.9 Å². The van der Waals surface area contributed by atoms with E-state index >= 15 is 0 Å². The summed E-state index contributed by atoms with van der Waals surface area (Å²) < 4.78 is 0. The lowest BCUT2D eigenvalue weighted by molar-refractivity contribution is -0.142. The van der Waals surface area contributed by atoms with E-state index in [2.05, 4.69) is 28.6 Å². The lowest BCUT2D eigenvalue weighted by Crippen LogP contribution is -2.57. The number of carboxylic acids is 1. The molecule has 1 aromatic carbocycles. The Morgan fingerprint density at radius 2 is 1.41 bits per heavy atom. The lowest BCUT2D eigenvalue weighted by Gasteiger charge is -2.25. The molecule has 4 unspecified atom stereocenters. The minimum absolute atomic E-state index is 0.00654. The van der Waals surface area contributed by atoms with E-state index in [-0.39, 0.29) is 30.3 Å². The predicted molar refractivity (Wildman–Crippen MR) is 122 cm³/mol. The van der Waals surface area contributed by atoms with Crippen LogP contribution in [-0.4, -0.2) is 63.8 Å². The topological polar surface area (TPSA) is 171 Å². The third-order valence-corrected chi connectivity index (χ3v) is 4.93. The fourth-order valence-corrected chi connectivity index (χ4v) is 3.07. The third-order valence-electron chi connectivity index (χ3n) is 4.56. The molecular weight excluding hydrogens is 436 g/mol. The Balaban J connectivity index is 2.92. The Labute approximate surface area is 192 Å². The average Bonchev–Trinajstić information content (AvgIpc) is 2.71. The van der Waals surface area contributed by atoms with Gasteiger partial charge in [-0.25, -0.2) is 4.79 Å². The van der Waals surface area contributed by atoms with Crippen molar-refractivity contribution in [2.45, 2.75) is 57.8 Å². The van der Waals surface area contributed by atoms with Gasteiger partial charge in [-0.15, -0.1) is 0 Å². The number of nitrogens with one attached hydrogen (secondary N) is 3. The van der Waals surface area contributed by atoms with E-state index < -0.39 is 47.9 Å². The monoisotopic (exact) mass is 468 g/mol. The molecule has 0 aromatic heterocycles. The van der Waals surface area contributed by atoms with Crippen molar-refractivity contribution in [1.82, 2.24) is 16.0 Å². The smallest absolute Gasteiger partial charge is 0.326 e. The van der Waals surface area contributed by atoms with Crippen LogP contribution >= 0.6 is 12.6 Å². The first-order valence-corrected chi connectivity index (χ1v) is 10.9. The van der Waals surface area contributed by atoms with Crippen LogP contribution in [0, 0.1) is 5.92 Å². The zero-order valence-electron chi connectivity index (χ0n) is 18.4. The number of hydrogen-bond donors (Lipinski definition) is 7. The largest absolute Gasteiger partial charge is 0.508 e. The standard InChI is InChI=1S/C21H32N4O6S/c1-11(2)8-15(23-20(29)17(10-32)25-18(27)12(3)22)19(28)24-16(21(30)31)9-13-4-6-14(26)7-5-13/h4-7,11-12,15-17,26,32H,8-10,22H2,1-3H3,(H,23,29)(H,24,28)(H,25,27)(H,30,31). The molecular formula is C21H32N4O6S. The van der Waals surface area contributed by atoms with Crippen LogP contribution in [0.4, 0.5) is 0 Å². The normalized spacial score (nSPS) is 14.7. The molecule has 0 fully saturated rings. The highest BCUT2D eigenvalue weighted by molar-refractivity contribution is 7.80. The fourth-order valence-electron chi connectivity index (χ4n) is 2.81. The van der Waals surface area contributed by atoms with Gasteiger partial charge in [-0.3, -0.25) is 14.4 Å². The van der Waals surface area contributed by atoms with Gasteiger partial charge >= 0.3 is 5.97 Å². The quantitative estimate of drug-likeness (QED) is 0.208. The fraction of sp³-hybridized carbons (Fsp3) is 0.524. The number of aliphatic carboxylic acids is 1. The van der Waals surface area contributed by atoms with Crippen LogP contribution < -0.4 is 21.7 Å². The molecule has 0 aliphatic rings. The first-order valence-electron chi connectivity index (χ1n) is 10.2. The Morgan fingerprint density at radius 3 is 1.88 bits per heavy atom. The molecule has 7 N–H and O–H groups in total. The van der Waals surface area contributed by atoms with Gasteiger partial charge in [0.15, 0.2) is 0 Å². The van der Waals surface area contributed by atoms with Gasteiger partial charge in [0.25, 0.3) is 0 Å². The van der Waals surface area contributed by atoms with Crippen LogP contribution in [0.5, 0.6) is 5.75 Å². The van der Waals surface area contributed by atoms with E-state index in [9.17, 15) is 29.4 Å². The summed E-state index contributed by atoms with van der Waals surface area (Å²) in [5.74, 6) is -3.02. The van der Waals surface area contributed by atoms with Crippen molar-refractivity contribution in [2.75, 3.05) is 5.75 Å². The van der Waals surface area contributed by atoms with E-state index in [0.717, 1.165) is 0 Å². The summed E-state index contributed by atoms with van der Waals surface area (Å²) in [5, 5.41) is 26.4. The van der Waals surface area contributed by atoms with Gasteiger partial charge in [0, 0.05) is 12.2 Å². The van der Waals surface area contributed by atoms with E-state index in [1.165, 1.54) is 19.1 Å². The summed E-state index contributed by atoms with van der Waals surface area (Å²) in [7, 11) is 0. The lowest BCUT2D eigenvalue weighted by atomic mass is 10.0. The Morgan fingerprint density at radius 1 is 0.906 bits per heavy atom. The van der Waals surface area contributed by atoms with Crippen molar-refractivity contribution in [3.8, 4) is 5.75 Å². The number of hydrogen-bond acceptors (Lipinski definition) is 7. The van der Waals surface area contributed by atoms with Gasteiger partial charge in [-0.1, -0.05) is 26.0 Å². The first kappa shape index (κ1) is 27.2.